The molecule has 0 radical (unpaired) electrons. The van der Waals surface area contributed by atoms with Crippen LogP contribution in [-0.4, -0.2) is 19.1 Å². The Morgan fingerprint density at radius 2 is 2.04 bits per heavy atom. The third kappa shape index (κ3) is 3.93. The Morgan fingerprint density at radius 3 is 2.85 bits per heavy atom. The molecule has 1 aliphatic heterocycles. The number of halogens is 1. The van der Waals surface area contributed by atoms with Crippen molar-refractivity contribution in [1.29, 1.82) is 0 Å². The van der Waals surface area contributed by atoms with Crippen molar-refractivity contribution in [3.8, 4) is 0 Å². The number of hydrogen-bond acceptors (Lipinski definition) is 3. The quantitative estimate of drug-likeness (QED) is 0.663. The number of rotatable bonds is 5. The third-order valence-corrected chi connectivity index (χ3v) is 4.94. The first kappa shape index (κ1) is 17.5. The lowest BCUT2D eigenvalue weighted by molar-refractivity contribution is 0.251. The molecule has 2 N–H and O–H groups in total. The normalized spacial score (nSPS) is 13.9. The zero-order chi connectivity index (χ0) is 18.6. The lowest BCUT2D eigenvalue weighted by Gasteiger charge is -2.29. The van der Waals surface area contributed by atoms with Crippen molar-refractivity contribution in [2.45, 2.75) is 12.5 Å². The Hall–Kier alpha value is -2.92. The molecule has 1 aliphatic rings. The number of hydrogen-bond donors (Lipinski definition) is 2. The molecule has 0 aliphatic carbocycles. The Kier molecular flexibility index (Phi) is 5.03. The smallest absolute Gasteiger partial charge is 0.319 e. The summed E-state index contributed by atoms with van der Waals surface area (Å²) >= 11 is 5.97. The van der Waals surface area contributed by atoms with E-state index in [0.29, 0.717) is 17.3 Å². The number of furan rings is 1. The highest BCUT2D eigenvalue weighted by atomic mass is 35.5. The molecule has 1 aromatic heterocycles. The molecule has 1 atom stereocenters. The number of para-hydroxylation sites is 1. The van der Waals surface area contributed by atoms with E-state index in [1.54, 1.807) is 30.5 Å². The van der Waals surface area contributed by atoms with E-state index in [1.807, 2.05) is 18.2 Å². The van der Waals surface area contributed by atoms with Crippen LogP contribution in [0.4, 0.5) is 16.2 Å². The second kappa shape index (κ2) is 7.76. The summed E-state index contributed by atoms with van der Waals surface area (Å²) in [6, 6.07) is 18.9. The highest BCUT2D eigenvalue weighted by molar-refractivity contribution is 6.30. The Labute approximate surface area is 162 Å². The van der Waals surface area contributed by atoms with Gasteiger partial charge >= 0.3 is 6.03 Å². The van der Waals surface area contributed by atoms with Crippen LogP contribution in [0.5, 0.6) is 0 Å². The van der Waals surface area contributed by atoms with Crippen LogP contribution in [0, 0.1) is 0 Å². The molecule has 2 aromatic carbocycles. The molecule has 2 amide bonds. The standard InChI is InChI=1S/C21H20ClN3O2/c22-16-6-3-7-17(13-16)24-21(26)23-14-19(20-9-4-12-27-20)25-11-10-15-5-1-2-8-18(15)25/h1-9,12-13,19H,10-11,14H2,(H2,23,24,26)/t19-/m0/s1. The average Bonchev–Trinajstić information content (AvgIpc) is 3.33. The summed E-state index contributed by atoms with van der Waals surface area (Å²) < 4.78 is 5.66. The van der Waals surface area contributed by atoms with Crippen LogP contribution in [0.2, 0.25) is 5.02 Å². The van der Waals surface area contributed by atoms with Gasteiger partial charge in [0.05, 0.1) is 6.26 Å². The zero-order valence-corrected chi connectivity index (χ0v) is 15.4. The first-order valence-electron chi connectivity index (χ1n) is 8.89. The summed E-state index contributed by atoms with van der Waals surface area (Å²) in [6.07, 6.45) is 2.65. The molecule has 0 unspecified atom stereocenters. The monoisotopic (exact) mass is 381 g/mol. The molecule has 0 fully saturated rings. The van der Waals surface area contributed by atoms with E-state index in [9.17, 15) is 4.79 Å². The lowest BCUT2D eigenvalue weighted by atomic mass is 10.1. The van der Waals surface area contributed by atoms with Crippen LogP contribution in [-0.2, 0) is 6.42 Å². The molecular weight excluding hydrogens is 362 g/mol. The van der Waals surface area contributed by atoms with Gasteiger partial charge in [-0.05, 0) is 48.4 Å². The number of nitrogens with one attached hydrogen (secondary N) is 2. The van der Waals surface area contributed by atoms with Gasteiger partial charge in [-0.1, -0.05) is 35.9 Å². The molecule has 5 nitrogen and oxygen atoms in total. The summed E-state index contributed by atoms with van der Waals surface area (Å²) in [6.45, 7) is 1.32. The molecule has 0 saturated heterocycles. The van der Waals surface area contributed by atoms with E-state index >= 15 is 0 Å². The molecule has 6 heteroatoms. The number of benzene rings is 2. The van der Waals surface area contributed by atoms with E-state index in [1.165, 1.54) is 11.3 Å². The second-order valence-corrected chi connectivity index (χ2v) is 6.89. The largest absolute Gasteiger partial charge is 0.467 e. The summed E-state index contributed by atoms with van der Waals surface area (Å²) in [5.74, 6) is 0.828. The molecule has 138 valence electrons. The van der Waals surface area contributed by atoms with Gasteiger partial charge in [-0.2, -0.15) is 0 Å². The molecule has 2 heterocycles. The average molecular weight is 382 g/mol. The fourth-order valence-electron chi connectivity index (χ4n) is 3.46. The molecule has 27 heavy (non-hydrogen) atoms. The van der Waals surface area contributed by atoms with E-state index in [-0.39, 0.29) is 12.1 Å². The maximum absolute atomic E-state index is 12.3. The minimum Gasteiger partial charge on any atom is -0.467 e. The van der Waals surface area contributed by atoms with Crippen molar-refractivity contribution < 1.29 is 9.21 Å². The van der Waals surface area contributed by atoms with E-state index < -0.39 is 0 Å². The van der Waals surface area contributed by atoms with E-state index in [2.05, 4.69) is 33.7 Å². The van der Waals surface area contributed by atoms with Crippen molar-refractivity contribution in [3.63, 3.8) is 0 Å². The summed E-state index contributed by atoms with van der Waals surface area (Å²) in [4.78, 5) is 14.6. The lowest BCUT2D eigenvalue weighted by Crippen LogP contribution is -2.39. The summed E-state index contributed by atoms with van der Waals surface area (Å²) in [7, 11) is 0. The van der Waals surface area contributed by atoms with Crippen molar-refractivity contribution in [1.82, 2.24) is 5.32 Å². The zero-order valence-electron chi connectivity index (χ0n) is 14.7. The number of nitrogens with zero attached hydrogens (tertiary/aromatic N) is 1. The van der Waals surface area contributed by atoms with Gasteiger partial charge in [0.2, 0.25) is 0 Å². The molecule has 0 spiro atoms. The topological polar surface area (TPSA) is 57.5 Å². The van der Waals surface area contributed by atoms with Crippen molar-refractivity contribution in [3.05, 3.63) is 83.3 Å². The number of carbonyl (C=O) groups excluding carboxylic acids is 1. The number of fused-ring (bicyclic) bond motifs is 1. The van der Waals surface area contributed by atoms with Crippen molar-refractivity contribution in [2.75, 3.05) is 23.3 Å². The Bertz CT molecular complexity index is 927. The van der Waals surface area contributed by atoms with E-state index in [0.717, 1.165) is 18.7 Å². The Morgan fingerprint density at radius 1 is 1.15 bits per heavy atom. The molecular formula is C21H20ClN3O2. The predicted molar refractivity (Wildman–Crippen MR) is 107 cm³/mol. The highest BCUT2D eigenvalue weighted by Gasteiger charge is 2.29. The number of carbonyl (C=O) groups is 1. The van der Waals surface area contributed by atoms with E-state index in [4.69, 9.17) is 16.0 Å². The molecule has 3 aromatic rings. The fraction of sp³-hybridized carbons (Fsp3) is 0.190. The Balaban J connectivity index is 1.47. The summed E-state index contributed by atoms with van der Waals surface area (Å²) in [5, 5.41) is 6.34. The third-order valence-electron chi connectivity index (χ3n) is 4.71. The van der Waals surface area contributed by atoms with Gasteiger partial charge in [-0.3, -0.25) is 0 Å². The van der Waals surface area contributed by atoms with Gasteiger partial charge in [0, 0.05) is 29.5 Å². The number of anilines is 2. The van der Waals surface area contributed by atoms with Gasteiger partial charge in [-0.25, -0.2) is 4.79 Å². The molecule has 4 rings (SSSR count). The van der Waals surface area contributed by atoms with Gasteiger partial charge in [0.25, 0.3) is 0 Å². The first-order valence-corrected chi connectivity index (χ1v) is 9.27. The maximum Gasteiger partial charge on any atom is 0.319 e. The maximum atomic E-state index is 12.3. The van der Waals surface area contributed by atoms with Crippen LogP contribution in [0.3, 0.4) is 0 Å². The van der Waals surface area contributed by atoms with Gasteiger partial charge in [-0.15, -0.1) is 0 Å². The predicted octanol–water partition coefficient (Wildman–Crippen LogP) is 4.86. The first-order chi connectivity index (χ1) is 13.2. The number of amides is 2. The van der Waals surface area contributed by atoms with Gasteiger partial charge in [0.15, 0.2) is 0 Å². The fourth-order valence-corrected chi connectivity index (χ4v) is 3.65. The van der Waals surface area contributed by atoms with Gasteiger partial charge < -0.3 is 20.0 Å². The van der Waals surface area contributed by atoms with Gasteiger partial charge in [0.1, 0.15) is 11.8 Å². The summed E-state index contributed by atoms with van der Waals surface area (Å²) in [5.41, 5.74) is 3.16. The van der Waals surface area contributed by atoms with Crippen LogP contribution in [0.1, 0.15) is 17.4 Å². The van der Waals surface area contributed by atoms with Crippen LogP contribution >= 0.6 is 11.6 Å². The molecule has 0 saturated carbocycles. The SMILES string of the molecule is O=C(NC[C@@H](c1ccco1)N1CCc2ccccc21)Nc1cccc(Cl)c1. The van der Waals surface area contributed by atoms with Crippen molar-refractivity contribution >= 4 is 29.0 Å². The highest BCUT2D eigenvalue weighted by Crippen LogP contribution is 2.34. The number of urea groups is 1. The molecule has 0 bridgehead atoms. The second-order valence-electron chi connectivity index (χ2n) is 6.45. The minimum absolute atomic E-state index is 0.0752. The minimum atomic E-state index is -0.277. The van der Waals surface area contributed by atoms with Crippen LogP contribution in [0.15, 0.2) is 71.3 Å². The van der Waals surface area contributed by atoms with Crippen molar-refractivity contribution in [2.24, 2.45) is 0 Å². The van der Waals surface area contributed by atoms with Crippen LogP contribution < -0.4 is 15.5 Å². The van der Waals surface area contributed by atoms with Crippen LogP contribution in [0.25, 0.3) is 0 Å².